The molecule has 1 fully saturated rings. The van der Waals surface area contributed by atoms with Crippen molar-refractivity contribution in [2.75, 3.05) is 11.9 Å². The lowest BCUT2D eigenvalue weighted by Crippen LogP contribution is -2.36. The number of nitrogens with one attached hydrogen (secondary N) is 1. The van der Waals surface area contributed by atoms with E-state index in [1.165, 1.54) is 18.2 Å². The molecule has 178 valence electrons. The van der Waals surface area contributed by atoms with Crippen LogP contribution in [0.5, 0.6) is 5.75 Å². The highest BCUT2D eigenvalue weighted by atomic mass is 35.5. The maximum absolute atomic E-state index is 13.3. The Morgan fingerprint density at radius 1 is 1.03 bits per heavy atom. The van der Waals surface area contributed by atoms with Crippen LogP contribution in [0.1, 0.15) is 11.1 Å². The van der Waals surface area contributed by atoms with Crippen molar-refractivity contribution < 1.29 is 23.5 Å². The second-order valence-corrected chi connectivity index (χ2v) is 9.21. The van der Waals surface area contributed by atoms with Crippen molar-refractivity contribution in [1.29, 1.82) is 0 Å². The molecule has 4 rings (SSSR count). The summed E-state index contributed by atoms with van der Waals surface area (Å²) in [6, 6.07) is 17.5. The minimum absolute atomic E-state index is 0.152. The zero-order chi connectivity index (χ0) is 24.9. The van der Waals surface area contributed by atoms with E-state index in [2.05, 4.69) is 5.32 Å². The smallest absolute Gasteiger partial charge is 0.294 e. The van der Waals surface area contributed by atoms with Crippen molar-refractivity contribution in [3.63, 3.8) is 0 Å². The van der Waals surface area contributed by atoms with Crippen molar-refractivity contribution in [3.8, 4) is 5.75 Å². The second kappa shape index (κ2) is 10.9. The van der Waals surface area contributed by atoms with E-state index >= 15 is 0 Å². The lowest BCUT2D eigenvalue weighted by atomic mass is 10.1. The Morgan fingerprint density at radius 3 is 2.60 bits per heavy atom. The standard InChI is InChI=1S/C25H17Cl2FN2O4S/c26-19-9-8-15(10-20(19)27)14-34-21-7-2-1-4-16(21)11-22-24(32)30(25(33)35-22)13-23(31)29-18-6-3-5-17(28)12-18/h1-12H,13-14H2,(H,29,31)/b22-11+. The van der Waals surface area contributed by atoms with Crippen LogP contribution in [0.3, 0.4) is 0 Å². The summed E-state index contributed by atoms with van der Waals surface area (Å²) < 4.78 is 19.2. The number of carbonyl (C=O) groups excluding carboxylic acids is 3. The van der Waals surface area contributed by atoms with E-state index in [1.807, 2.05) is 0 Å². The number of thioether (sulfide) groups is 1. The van der Waals surface area contributed by atoms with Gasteiger partial charge in [0.25, 0.3) is 11.1 Å². The van der Waals surface area contributed by atoms with E-state index in [4.69, 9.17) is 27.9 Å². The number of carbonyl (C=O) groups is 3. The summed E-state index contributed by atoms with van der Waals surface area (Å²) in [5.41, 5.74) is 1.62. The molecule has 0 radical (unpaired) electrons. The monoisotopic (exact) mass is 530 g/mol. The highest BCUT2D eigenvalue weighted by Gasteiger charge is 2.36. The zero-order valence-corrected chi connectivity index (χ0v) is 20.3. The number of ether oxygens (including phenoxy) is 1. The first-order chi connectivity index (χ1) is 16.8. The SMILES string of the molecule is O=C(CN1C(=O)S/C(=C/c2ccccc2OCc2ccc(Cl)c(Cl)c2)C1=O)Nc1cccc(F)c1. The molecule has 0 aliphatic carbocycles. The summed E-state index contributed by atoms with van der Waals surface area (Å²) in [5, 5.41) is 2.75. The lowest BCUT2D eigenvalue weighted by Gasteiger charge is -2.12. The summed E-state index contributed by atoms with van der Waals surface area (Å²) in [4.78, 5) is 38.5. The third-order valence-corrected chi connectivity index (χ3v) is 6.51. The first-order valence-corrected chi connectivity index (χ1v) is 11.8. The van der Waals surface area contributed by atoms with Crippen LogP contribution in [0.2, 0.25) is 10.0 Å². The number of para-hydroxylation sites is 1. The first kappa shape index (κ1) is 24.8. The van der Waals surface area contributed by atoms with Crippen molar-refractivity contribution in [3.05, 3.63) is 98.6 Å². The summed E-state index contributed by atoms with van der Waals surface area (Å²) >= 11 is 12.7. The third-order valence-electron chi connectivity index (χ3n) is 4.87. The first-order valence-electron chi connectivity index (χ1n) is 10.3. The normalized spacial score (nSPS) is 14.5. The van der Waals surface area contributed by atoms with Crippen molar-refractivity contribution in [2.45, 2.75) is 6.61 Å². The number of anilines is 1. The third kappa shape index (κ3) is 6.22. The average molecular weight is 531 g/mol. The van der Waals surface area contributed by atoms with Gasteiger partial charge in [0.15, 0.2) is 0 Å². The van der Waals surface area contributed by atoms with Gasteiger partial charge in [-0.25, -0.2) is 4.39 Å². The van der Waals surface area contributed by atoms with Crippen LogP contribution in [0.15, 0.2) is 71.6 Å². The minimum Gasteiger partial charge on any atom is -0.488 e. The predicted molar refractivity (Wildman–Crippen MR) is 135 cm³/mol. The molecule has 0 unspecified atom stereocenters. The van der Waals surface area contributed by atoms with E-state index in [0.717, 1.165) is 28.3 Å². The van der Waals surface area contributed by atoms with Crippen molar-refractivity contribution in [1.82, 2.24) is 4.90 Å². The van der Waals surface area contributed by atoms with Gasteiger partial charge < -0.3 is 10.1 Å². The summed E-state index contributed by atoms with van der Waals surface area (Å²) in [6.07, 6.45) is 1.54. The molecule has 0 spiro atoms. The fourth-order valence-electron chi connectivity index (χ4n) is 3.21. The van der Waals surface area contributed by atoms with E-state index in [1.54, 1.807) is 48.5 Å². The van der Waals surface area contributed by atoms with Gasteiger partial charge in [-0.15, -0.1) is 0 Å². The summed E-state index contributed by atoms with van der Waals surface area (Å²) in [5.74, 6) is -1.25. The highest BCUT2D eigenvalue weighted by Crippen LogP contribution is 2.34. The van der Waals surface area contributed by atoms with Crippen molar-refractivity contribution >= 4 is 63.8 Å². The average Bonchev–Trinajstić information content (AvgIpc) is 3.08. The Kier molecular flexibility index (Phi) is 7.75. The molecule has 3 aromatic rings. The van der Waals surface area contributed by atoms with Crippen molar-refractivity contribution in [2.24, 2.45) is 0 Å². The Bertz CT molecular complexity index is 1350. The molecule has 1 aliphatic heterocycles. The molecular formula is C25H17Cl2FN2O4S. The molecule has 1 N–H and O–H groups in total. The number of nitrogens with zero attached hydrogens (tertiary/aromatic N) is 1. The molecule has 0 bridgehead atoms. The van der Waals surface area contributed by atoms with Crippen LogP contribution in [-0.2, 0) is 16.2 Å². The van der Waals surface area contributed by atoms with Gasteiger partial charge in [0.2, 0.25) is 5.91 Å². The molecule has 3 amide bonds. The molecule has 35 heavy (non-hydrogen) atoms. The van der Waals surface area contributed by atoms with Gasteiger partial charge in [0.05, 0.1) is 15.0 Å². The molecule has 0 saturated carbocycles. The van der Waals surface area contributed by atoms with Gasteiger partial charge >= 0.3 is 0 Å². The van der Waals surface area contributed by atoms with Crippen LogP contribution in [-0.4, -0.2) is 28.5 Å². The predicted octanol–water partition coefficient (Wildman–Crippen LogP) is 6.39. The van der Waals surface area contributed by atoms with Gasteiger partial charge in [-0.2, -0.15) is 0 Å². The molecule has 1 heterocycles. The molecule has 6 nitrogen and oxygen atoms in total. The largest absolute Gasteiger partial charge is 0.488 e. The Balaban J connectivity index is 1.45. The Hall–Kier alpha value is -3.33. The molecular weight excluding hydrogens is 514 g/mol. The number of amides is 3. The van der Waals surface area contributed by atoms with Crippen LogP contribution in [0.25, 0.3) is 6.08 Å². The van der Waals surface area contributed by atoms with E-state index in [9.17, 15) is 18.8 Å². The number of rotatable bonds is 7. The molecule has 1 saturated heterocycles. The maximum Gasteiger partial charge on any atom is 0.294 e. The van der Waals surface area contributed by atoms with E-state index in [-0.39, 0.29) is 17.2 Å². The lowest BCUT2D eigenvalue weighted by molar-refractivity contribution is -0.127. The zero-order valence-electron chi connectivity index (χ0n) is 18.0. The molecule has 3 aromatic carbocycles. The second-order valence-electron chi connectivity index (χ2n) is 7.40. The van der Waals surface area contributed by atoms with Crippen LogP contribution in [0, 0.1) is 5.82 Å². The minimum atomic E-state index is -0.621. The van der Waals surface area contributed by atoms with Gasteiger partial charge in [-0.3, -0.25) is 19.3 Å². The quantitative estimate of drug-likeness (QED) is 0.358. The summed E-state index contributed by atoms with van der Waals surface area (Å²) in [6.45, 7) is -0.280. The van der Waals surface area contributed by atoms with Gasteiger partial charge in [-0.1, -0.05) is 53.5 Å². The number of hydrogen-bond donors (Lipinski definition) is 1. The fraction of sp³-hybridized carbons (Fsp3) is 0.0800. The fourth-order valence-corrected chi connectivity index (χ4v) is 4.36. The highest BCUT2D eigenvalue weighted by molar-refractivity contribution is 8.18. The van der Waals surface area contributed by atoms with Crippen LogP contribution in [0.4, 0.5) is 14.9 Å². The van der Waals surface area contributed by atoms with Gasteiger partial charge in [0.1, 0.15) is 24.7 Å². The van der Waals surface area contributed by atoms with Gasteiger partial charge in [-0.05, 0) is 59.8 Å². The Morgan fingerprint density at radius 2 is 1.83 bits per heavy atom. The molecule has 0 atom stereocenters. The number of imide groups is 1. The number of hydrogen-bond acceptors (Lipinski definition) is 5. The van der Waals surface area contributed by atoms with E-state index < -0.39 is 29.4 Å². The van der Waals surface area contributed by atoms with Crippen LogP contribution < -0.4 is 10.1 Å². The molecule has 10 heteroatoms. The molecule has 0 aromatic heterocycles. The van der Waals surface area contributed by atoms with Gasteiger partial charge in [0, 0.05) is 11.3 Å². The Labute approximate surface area is 214 Å². The van der Waals surface area contributed by atoms with Crippen LogP contribution >= 0.6 is 35.0 Å². The number of halogens is 3. The molecule has 1 aliphatic rings. The van der Waals surface area contributed by atoms with E-state index in [0.29, 0.717) is 21.4 Å². The topological polar surface area (TPSA) is 75.7 Å². The number of benzene rings is 3. The summed E-state index contributed by atoms with van der Waals surface area (Å²) in [7, 11) is 0. The maximum atomic E-state index is 13.3.